The highest BCUT2D eigenvalue weighted by molar-refractivity contribution is 5.80. The molecule has 6 nitrogen and oxygen atoms in total. The molecule has 2 heterocycles. The molecule has 1 N–H and O–H groups in total. The molecule has 0 fully saturated rings. The Morgan fingerprint density at radius 2 is 1.58 bits per heavy atom. The van der Waals surface area contributed by atoms with Crippen molar-refractivity contribution in [1.82, 2.24) is 9.88 Å². The fourth-order valence-electron chi connectivity index (χ4n) is 3.78. The van der Waals surface area contributed by atoms with Crippen LogP contribution in [0.4, 0.5) is 0 Å². The lowest BCUT2D eigenvalue weighted by molar-refractivity contribution is -0.121. The Kier molecular flexibility index (Phi) is 4.88. The van der Waals surface area contributed by atoms with Crippen molar-refractivity contribution in [3.05, 3.63) is 107 Å². The van der Waals surface area contributed by atoms with Crippen LogP contribution in [0, 0.1) is 0 Å². The van der Waals surface area contributed by atoms with Gasteiger partial charge in [0.1, 0.15) is 17.4 Å². The average Bonchev–Trinajstić information content (AvgIpc) is 3.36. The first-order valence-electron chi connectivity index (χ1n) is 10.1. The van der Waals surface area contributed by atoms with E-state index in [4.69, 9.17) is 8.83 Å². The van der Waals surface area contributed by atoms with E-state index in [1.807, 2.05) is 66.7 Å². The van der Waals surface area contributed by atoms with Crippen LogP contribution < -0.4 is 11.1 Å². The summed E-state index contributed by atoms with van der Waals surface area (Å²) in [6.07, 6.45) is 0.132. The molecule has 3 aromatic carbocycles. The van der Waals surface area contributed by atoms with E-state index in [9.17, 15) is 9.59 Å². The SMILES string of the molecule is O=C(CCn1c(=O)oc2ccccc21)N[C@@H](c1ccccc1)c1cc2ccccc2o1. The second-order valence-electron chi connectivity index (χ2n) is 7.34. The first-order chi connectivity index (χ1) is 15.2. The Morgan fingerprint density at radius 1 is 0.871 bits per heavy atom. The van der Waals surface area contributed by atoms with Crippen molar-refractivity contribution in [1.29, 1.82) is 0 Å². The topological polar surface area (TPSA) is 77.4 Å². The van der Waals surface area contributed by atoms with Gasteiger partial charge < -0.3 is 14.2 Å². The van der Waals surface area contributed by atoms with E-state index >= 15 is 0 Å². The van der Waals surface area contributed by atoms with Gasteiger partial charge in [-0.3, -0.25) is 9.36 Å². The lowest BCUT2D eigenvalue weighted by Gasteiger charge is -2.17. The smallest absolute Gasteiger partial charge is 0.419 e. The van der Waals surface area contributed by atoms with Crippen LogP contribution in [-0.4, -0.2) is 10.5 Å². The molecule has 0 bridgehead atoms. The number of carbonyl (C=O) groups excluding carboxylic acids is 1. The minimum atomic E-state index is -0.467. The van der Waals surface area contributed by atoms with Gasteiger partial charge in [0.25, 0.3) is 0 Å². The van der Waals surface area contributed by atoms with Crippen LogP contribution >= 0.6 is 0 Å². The van der Waals surface area contributed by atoms with E-state index in [0.717, 1.165) is 16.5 Å². The molecule has 0 unspecified atom stereocenters. The first kappa shape index (κ1) is 18.9. The van der Waals surface area contributed by atoms with Crippen LogP contribution in [0.3, 0.4) is 0 Å². The summed E-state index contributed by atoms with van der Waals surface area (Å²) in [6.45, 7) is 0.226. The molecule has 5 aromatic rings. The third kappa shape index (κ3) is 3.75. The van der Waals surface area contributed by atoms with Gasteiger partial charge in [0.2, 0.25) is 5.91 Å². The van der Waals surface area contributed by atoms with Gasteiger partial charge in [0.05, 0.1) is 5.52 Å². The zero-order valence-corrected chi connectivity index (χ0v) is 16.7. The van der Waals surface area contributed by atoms with Crippen LogP contribution in [0.2, 0.25) is 0 Å². The molecule has 2 aromatic heterocycles. The molecular weight excluding hydrogens is 392 g/mol. The third-order valence-corrected chi connectivity index (χ3v) is 5.30. The third-order valence-electron chi connectivity index (χ3n) is 5.30. The van der Waals surface area contributed by atoms with E-state index in [0.29, 0.717) is 16.9 Å². The van der Waals surface area contributed by atoms with Gasteiger partial charge in [-0.15, -0.1) is 0 Å². The maximum absolute atomic E-state index is 12.9. The molecule has 1 atom stereocenters. The van der Waals surface area contributed by atoms with E-state index in [-0.39, 0.29) is 18.9 Å². The number of amides is 1. The second kappa shape index (κ2) is 7.99. The number of benzene rings is 3. The number of carbonyl (C=O) groups is 1. The van der Waals surface area contributed by atoms with Gasteiger partial charge in [-0.25, -0.2) is 4.79 Å². The fraction of sp³-hybridized carbons (Fsp3) is 0.120. The van der Waals surface area contributed by atoms with Gasteiger partial charge in [-0.1, -0.05) is 60.7 Å². The van der Waals surface area contributed by atoms with Crippen molar-refractivity contribution >= 4 is 28.0 Å². The summed E-state index contributed by atoms with van der Waals surface area (Å²) in [7, 11) is 0. The summed E-state index contributed by atoms with van der Waals surface area (Å²) in [5, 5.41) is 4.04. The van der Waals surface area contributed by atoms with E-state index < -0.39 is 11.8 Å². The van der Waals surface area contributed by atoms with Crippen LogP contribution in [0.25, 0.3) is 22.1 Å². The molecule has 0 saturated heterocycles. The standard InChI is InChI=1S/C25H20N2O4/c28-23(14-15-27-19-11-5-7-13-21(19)31-25(27)29)26-24(17-8-2-1-3-9-17)22-16-18-10-4-6-12-20(18)30-22/h1-13,16,24H,14-15H2,(H,26,28)/t24-/m0/s1. The predicted molar refractivity (Wildman–Crippen MR) is 118 cm³/mol. The van der Waals surface area contributed by atoms with E-state index in [2.05, 4.69) is 5.32 Å². The number of nitrogens with one attached hydrogen (secondary N) is 1. The highest BCUT2D eigenvalue weighted by atomic mass is 16.4. The first-order valence-corrected chi connectivity index (χ1v) is 10.1. The van der Waals surface area contributed by atoms with Crippen molar-refractivity contribution < 1.29 is 13.6 Å². The zero-order valence-electron chi connectivity index (χ0n) is 16.7. The van der Waals surface area contributed by atoms with Crippen LogP contribution in [0.1, 0.15) is 23.8 Å². The average molecular weight is 412 g/mol. The van der Waals surface area contributed by atoms with Gasteiger partial charge in [0.15, 0.2) is 5.58 Å². The number of aromatic nitrogens is 1. The number of hydrogen-bond acceptors (Lipinski definition) is 4. The second-order valence-corrected chi connectivity index (χ2v) is 7.34. The lowest BCUT2D eigenvalue weighted by Crippen LogP contribution is -2.30. The number of oxazole rings is 1. The summed E-state index contributed by atoms with van der Waals surface area (Å²) < 4.78 is 12.8. The van der Waals surface area contributed by atoms with Crippen molar-refractivity contribution in [2.75, 3.05) is 0 Å². The minimum Gasteiger partial charge on any atom is -0.459 e. The van der Waals surface area contributed by atoms with Crippen LogP contribution in [0.15, 0.2) is 98.6 Å². The minimum absolute atomic E-state index is 0.132. The number of nitrogens with zero attached hydrogens (tertiary/aromatic N) is 1. The van der Waals surface area contributed by atoms with Crippen molar-refractivity contribution in [3.63, 3.8) is 0 Å². The number of hydrogen-bond donors (Lipinski definition) is 1. The Bertz CT molecular complexity index is 1380. The van der Waals surface area contributed by atoms with Crippen LogP contribution in [-0.2, 0) is 11.3 Å². The molecule has 1 amide bonds. The molecular formula is C25H20N2O4. The molecule has 0 radical (unpaired) electrons. The van der Waals surface area contributed by atoms with Gasteiger partial charge in [-0.2, -0.15) is 0 Å². The highest BCUT2D eigenvalue weighted by Gasteiger charge is 2.21. The number of fused-ring (bicyclic) bond motifs is 2. The predicted octanol–water partition coefficient (Wildman–Crippen LogP) is 4.64. The molecule has 6 heteroatoms. The maximum atomic E-state index is 12.9. The summed E-state index contributed by atoms with van der Waals surface area (Å²) >= 11 is 0. The number of rotatable bonds is 6. The van der Waals surface area contributed by atoms with Gasteiger partial charge in [0, 0.05) is 18.4 Å². The monoisotopic (exact) mass is 412 g/mol. The summed E-state index contributed by atoms with van der Waals surface area (Å²) in [4.78, 5) is 25.0. The molecule has 0 saturated carbocycles. The van der Waals surface area contributed by atoms with Crippen LogP contribution in [0.5, 0.6) is 0 Å². The number of furan rings is 1. The molecule has 154 valence electrons. The Balaban J connectivity index is 1.39. The largest absolute Gasteiger partial charge is 0.459 e. The van der Waals surface area contributed by atoms with E-state index in [1.165, 1.54) is 4.57 Å². The number of aryl methyl sites for hydroxylation is 1. The summed E-state index contributed by atoms with van der Waals surface area (Å²) in [5.41, 5.74) is 2.87. The Hall–Kier alpha value is -4.06. The zero-order chi connectivity index (χ0) is 21.2. The van der Waals surface area contributed by atoms with E-state index in [1.54, 1.807) is 18.2 Å². The summed E-state index contributed by atoms with van der Waals surface area (Å²) in [6, 6.07) is 26.1. The Morgan fingerprint density at radius 3 is 2.39 bits per heavy atom. The van der Waals surface area contributed by atoms with Crippen molar-refractivity contribution in [2.24, 2.45) is 0 Å². The fourth-order valence-corrected chi connectivity index (χ4v) is 3.78. The van der Waals surface area contributed by atoms with Gasteiger partial charge >= 0.3 is 5.76 Å². The Labute approximate surface area is 177 Å². The van der Waals surface area contributed by atoms with Crippen molar-refractivity contribution in [2.45, 2.75) is 19.0 Å². The molecule has 0 aliphatic carbocycles. The quantitative estimate of drug-likeness (QED) is 0.441. The number of para-hydroxylation sites is 3. The molecule has 0 aliphatic heterocycles. The molecule has 31 heavy (non-hydrogen) atoms. The lowest BCUT2D eigenvalue weighted by atomic mass is 10.0. The van der Waals surface area contributed by atoms with Crippen molar-refractivity contribution in [3.8, 4) is 0 Å². The molecule has 0 spiro atoms. The molecule has 5 rings (SSSR count). The normalized spacial score (nSPS) is 12.3. The highest BCUT2D eigenvalue weighted by Crippen LogP contribution is 2.28. The summed E-state index contributed by atoms with van der Waals surface area (Å²) in [5.74, 6) is 0.00376. The van der Waals surface area contributed by atoms with Gasteiger partial charge in [-0.05, 0) is 29.8 Å². The maximum Gasteiger partial charge on any atom is 0.419 e. The molecule has 0 aliphatic rings.